The van der Waals surface area contributed by atoms with Gasteiger partial charge < -0.3 is 29.9 Å². The van der Waals surface area contributed by atoms with E-state index in [0.717, 1.165) is 0 Å². The summed E-state index contributed by atoms with van der Waals surface area (Å²) >= 11 is 0. The largest absolute Gasteiger partial charge is 0.492 e. The summed E-state index contributed by atoms with van der Waals surface area (Å²) < 4.78 is 18.3. The second-order valence-corrected chi connectivity index (χ2v) is 8.03. The van der Waals surface area contributed by atoms with Crippen LogP contribution in [-0.4, -0.2) is 46.4 Å². The third kappa shape index (κ3) is 2.90. The van der Waals surface area contributed by atoms with Gasteiger partial charge in [-0.05, 0) is 11.8 Å². The van der Waals surface area contributed by atoms with Crippen LogP contribution in [0.3, 0.4) is 0 Å². The van der Waals surface area contributed by atoms with Crippen molar-refractivity contribution in [1.29, 1.82) is 0 Å². The maximum atomic E-state index is 11.1. The highest BCUT2D eigenvalue weighted by Gasteiger charge is 2.63. The molecule has 1 aliphatic rings. The van der Waals surface area contributed by atoms with Crippen LogP contribution >= 0.6 is 7.60 Å². The Balaban J connectivity index is 1.92. The molecule has 0 amide bonds. The molecule has 1 atom stereocenters. The number of fused-ring (bicyclic) bond motifs is 1. The first-order valence-electron chi connectivity index (χ1n) is 6.89. The van der Waals surface area contributed by atoms with Crippen molar-refractivity contribution >= 4 is 24.7 Å². The minimum absolute atomic E-state index is 0.0861. The summed E-state index contributed by atoms with van der Waals surface area (Å²) in [6.07, 6.45) is 1.45. The van der Waals surface area contributed by atoms with Gasteiger partial charge in [-0.1, -0.05) is 13.8 Å². The number of nitrogens with two attached hydrogens (primary N) is 1. The van der Waals surface area contributed by atoms with Crippen LogP contribution in [0.2, 0.25) is 0 Å². The molecule has 1 fully saturated rings. The predicted octanol–water partition coefficient (Wildman–Crippen LogP) is 0.435. The Kier molecular flexibility index (Phi) is 3.42. The normalized spacial score (nSPS) is 23.3. The van der Waals surface area contributed by atoms with Crippen LogP contribution < -0.4 is 5.73 Å². The molecule has 1 saturated carbocycles. The van der Waals surface area contributed by atoms with E-state index >= 15 is 0 Å². The van der Waals surface area contributed by atoms with Gasteiger partial charge in [-0.2, -0.15) is 9.97 Å². The Bertz CT molecular complexity index is 816. The van der Waals surface area contributed by atoms with Gasteiger partial charge in [0.25, 0.3) is 0 Å². The molecule has 5 N–H and O–H groups in total. The van der Waals surface area contributed by atoms with E-state index in [0.29, 0.717) is 12.1 Å². The van der Waals surface area contributed by atoms with Crippen molar-refractivity contribution in [3.8, 4) is 5.88 Å². The van der Waals surface area contributed by atoms with Gasteiger partial charge in [0, 0.05) is 0 Å². The SMILES string of the molecule is CC1(C)CC1(Cn1cnc2c(O)nc(N)nc21)OCP(=O)(O)O. The quantitative estimate of drug-likeness (QED) is 0.565. The van der Waals surface area contributed by atoms with Crippen LogP contribution in [0, 0.1) is 5.41 Å². The van der Waals surface area contributed by atoms with Crippen LogP contribution in [0.5, 0.6) is 5.88 Å². The Morgan fingerprint density at radius 3 is 2.65 bits per heavy atom. The monoisotopic (exact) mass is 343 g/mol. The average Bonchev–Trinajstić information content (AvgIpc) is 2.73. The van der Waals surface area contributed by atoms with Gasteiger partial charge in [0.05, 0.1) is 18.5 Å². The molecule has 0 aliphatic heterocycles. The number of nitrogen functional groups attached to an aromatic ring is 1. The van der Waals surface area contributed by atoms with E-state index in [2.05, 4.69) is 15.0 Å². The van der Waals surface area contributed by atoms with E-state index in [9.17, 15) is 9.67 Å². The first-order valence-corrected chi connectivity index (χ1v) is 8.69. The number of hydrogen-bond donors (Lipinski definition) is 4. The lowest BCUT2D eigenvalue weighted by molar-refractivity contribution is 0.0142. The number of rotatable bonds is 5. The van der Waals surface area contributed by atoms with Gasteiger partial charge in [-0.15, -0.1) is 0 Å². The fraction of sp³-hybridized carbons (Fsp3) is 0.583. The lowest BCUT2D eigenvalue weighted by Gasteiger charge is -2.22. The lowest BCUT2D eigenvalue weighted by atomic mass is 10.1. The summed E-state index contributed by atoms with van der Waals surface area (Å²) in [5, 5.41) is 9.75. The first-order chi connectivity index (χ1) is 10.5. The van der Waals surface area contributed by atoms with Crippen LogP contribution in [0.1, 0.15) is 20.3 Å². The molecular weight excluding hydrogens is 325 g/mol. The van der Waals surface area contributed by atoms with E-state index in [1.54, 1.807) is 4.57 Å². The van der Waals surface area contributed by atoms with Crippen LogP contribution in [0.15, 0.2) is 6.33 Å². The van der Waals surface area contributed by atoms with Gasteiger partial charge in [-0.25, -0.2) is 4.98 Å². The van der Waals surface area contributed by atoms with Gasteiger partial charge in [0.15, 0.2) is 11.2 Å². The Hall–Kier alpha value is -1.74. The molecule has 126 valence electrons. The van der Waals surface area contributed by atoms with E-state index in [-0.39, 0.29) is 29.3 Å². The summed E-state index contributed by atoms with van der Waals surface area (Å²) in [5.41, 5.74) is 5.11. The van der Waals surface area contributed by atoms with Crippen molar-refractivity contribution in [3.63, 3.8) is 0 Å². The van der Waals surface area contributed by atoms with Crippen molar-refractivity contribution in [1.82, 2.24) is 19.5 Å². The average molecular weight is 343 g/mol. The van der Waals surface area contributed by atoms with Crippen LogP contribution in [0.4, 0.5) is 5.95 Å². The topological polar surface area (TPSA) is 157 Å². The van der Waals surface area contributed by atoms with E-state index in [1.165, 1.54) is 6.33 Å². The molecule has 3 rings (SSSR count). The third-order valence-corrected chi connectivity index (χ3v) is 4.70. The van der Waals surface area contributed by atoms with Crippen molar-refractivity contribution in [2.75, 3.05) is 12.1 Å². The molecule has 0 saturated heterocycles. The number of aromatic hydroxyl groups is 1. The molecule has 0 bridgehead atoms. The zero-order valence-electron chi connectivity index (χ0n) is 12.7. The Morgan fingerprint density at radius 2 is 2.09 bits per heavy atom. The second kappa shape index (κ2) is 4.88. The Morgan fingerprint density at radius 1 is 1.43 bits per heavy atom. The number of nitrogens with zero attached hydrogens (tertiary/aromatic N) is 4. The summed E-state index contributed by atoms with van der Waals surface area (Å²) in [5.74, 6) is -0.400. The molecule has 1 aliphatic carbocycles. The molecule has 2 heterocycles. The molecule has 0 spiro atoms. The van der Waals surface area contributed by atoms with Gasteiger partial charge in [0.1, 0.15) is 6.35 Å². The van der Waals surface area contributed by atoms with Crippen LogP contribution in [0.25, 0.3) is 11.2 Å². The van der Waals surface area contributed by atoms with Gasteiger partial charge >= 0.3 is 7.60 Å². The summed E-state index contributed by atoms with van der Waals surface area (Å²) in [6.45, 7) is 4.19. The van der Waals surface area contributed by atoms with Crippen molar-refractivity contribution in [2.45, 2.75) is 32.4 Å². The van der Waals surface area contributed by atoms with E-state index < -0.39 is 19.5 Å². The fourth-order valence-electron chi connectivity index (χ4n) is 2.78. The number of aromatic nitrogens is 4. The number of hydrogen-bond acceptors (Lipinski definition) is 7. The zero-order chi connectivity index (χ0) is 17.0. The molecule has 10 nitrogen and oxygen atoms in total. The highest BCUT2D eigenvalue weighted by molar-refractivity contribution is 7.51. The Labute approximate surface area is 131 Å². The highest BCUT2D eigenvalue weighted by Crippen LogP contribution is 2.60. The molecular formula is C12H18N5O5P. The van der Waals surface area contributed by atoms with E-state index in [1.807, 2.05) is 13.8 Å². The third-order valence-electron chi connectivity index (χ3n) is 4.23. The summed E-state index contributed by atoms with van der Waals surface area (Å²) in [4.78, 5) is 29.8. The zero-order valence-corrected chi connectivity index (χ0v) is 13.6. The van der Waals surface area contributed by atoms with Gasteiger partial charge in [0.2, 0.25) is 11.8 Å². The molecule has 11 heteroatoms. The van der Waals surface area contributed by atoms with Crippen LogP contribution in [-0.2, 0) is 15.8 Å². The number of imidazole rings is 1. The minimum Gasteiger partial charge on any atom is -0.492 e. The van der Waals surface area contributed by atoms with Crippen molar-refractivity contribution in [2.24, 2.45) is 5.41 Å². The second-order valence-electron chi connectivity index (χ2n) is 6.44. The predicted molar refractivity (Wildman–Crippen MR) is 80.5 cm³/mol. The summed E-state index contributed by atoms with van der Waals surface area (Å²) in [7, 11) is -4.26. The molecule has 2 aromatic rings. The maximum absolute atomic E-state index is 11.1. The minimum atomic E-state index is -4.26. The number of anilines is 1. The molecule has 2 aromatic heterocycles. The molecule has 1 unspecified atom stereocenters. The highest BCUT2D eigenvalue weighted by atomic mass is 31.2. The first kappa shape index (κ1) is 16.1. The van der Waals surface area contributed by atoms with Crippen molar-refractivity contribution in [3.05, 3.63) is 6.33 Å². The van der Waals surface area contributed by atoms with Gasteiger partial charge in [-0.3, -0.25) is 4.57 Å². The molecule has 0 aromatic carbocycles. The smallest absolute Gasteiger partial charge is 0.351 e. The van der Waals surface area contributed by atoms with E-state index in [4.69, 9.17) is 20.3 Å². The molecule has 23 heavy (non-hydrogen) atoms. The van der Waals surface area contributed by atoms with Crippen molar-refractivity contribution < 1.29 is 24.2 Å². The lowest BCUT2D eigenvalue weighted by Crippen LogP contribution is -2.28. The summed E-state index contributed by atoms with van der Waals surface area (Å²) in [6, 6.07) is 0. The maximum Gasteiger partial charge on any atom is 0.351 e. The number of ether oxygens (including phenoxy) is 1. The molecule has 0 radical (unpaired) electrons. The fourth-order valence-corrected chi connectivity index (χ4v) is 3.19. The standard InChI is InChI=1S/C12H18N5O5P/c1-11(2)3-12(11,22-6-23(19,20)21)4-17-5-14-7-8(17)15-10(13)16-9(7)18/h5H,3-4,6H2,1-2H3,(H2,19,20,21)(H3,13,15,16,18).